The van der Waals surface area contributed by atoms with Gasteiger partial charge in [-0.1, -0.05) is 12.2 Å². The first kappa shape index (κ1) is 16.3. The minimum atomic E-state index is -0.784. The van der Waals surface area contributed by atoms with Crippen molar-refractivity contribution in [3.63, 3.8) is 0 Å². The maximum absolute atomic E-state index is 11.7. The zero-order chi connectivity index (χ0) is 15.0. The van der Waals surface area contributed by atoms with Crippen LogP contribution in [0.1, 0.15) is 44.9 Å². The second-order valence-electron chi connectivity index (χ2n) is 5.23. The highest BCUT2D eigenvalue weighted by Crippen LogP contribution is 2.31. The lowest BCUT2D eigenvalue weighted by molar-refractivity contribution is -0.489. The van der Waals surface area contributed by atoms with Crippen LogP contribution in [0.25, 0.3) is 0 Å². The first-order valence-electron chi connectivity index (χ1n) is 7.02. The van der Waals surface area contributed by atoms with E-state index >= 15 is 0 Å². The highest BCUT2D eigenvalue weighted by molar-refractivity contribution is 5.83. The van der Waals surface area contributed by atoms with Crippen LogP contribution in [-0.4, -0.2) is 28.3 Å². The topological polar surface area (TPSA) is 97.5 Å². The molecule has 0 spiro atoms. The van der Waals surface area contributed by atoms with Crippen LogP contribution in [0.4, 0.5) is 0 Å². The first-order valence-corrected chi connectivity index (χ1v) is 7.02. The SMILES string of the molecule is O=C(O)CCCC/C=C/CC1C(=O)CCC1C[N+](=O)[O-]. The van der Waals surface area contributed by atoms with Crippen LogP contribution < -0.4 is 0 Å². The normalized spacial score (nSPS) is 22.5. The molecule has 2 unspecified atom stereocenters. The molecule has 0 amide bonds. The minimum absolute atomic E-state index is 0.122. The fraction of sp³-hybridized carbons (Fsp3) is 0.714. The largest absolute Gasteiger partial charge is 0.481 e. The lowest BCUT2D eigenvalue weighted by atomic mass is 9.92. The Balaban J connectivity index is 2.26. The van der Waals surface area contributed by atoms with Gasteiger partial charge in [0.05, 0.1) is 0 Å². The van der Waals surface area contributed by atoms with E-state index in [2.05, 4.69) is 0 Å². The molecule has 1 saturated carbocycles. The second kappa shape index (κ2) is 8.45. The van der Waals surface area contributed by atoms with Gasteiger partial charge in [0.25, 0.3) is 0 Å². The summed E-state index contributed by atoms with van der Waals surface area (Å²) >= 11 is 0. The number of Topliss-reactive ketones (excluding diaryl/α,β-unsaturated/α-hetero) is 1. The Kier molecular flexibility index (Phi) is 6.90. The van der Waals surface area contributed by atoms with Gasteiger partial charge in [0.1, 0.15) is 5.78 Å². The molecule has 0 radical (unpaired) electrons. The molecule has 1 aliphatic rings. The van der Waals surface area contributed by atoms with Crippen LogP contribution in [0.2, 0.25) is 0 Å². The van der Waals surface area contributed by atoms with E-state index in [4.69, 9.17) is 5.11 Å². The van der Waals surface area contributed by atoms with Gasteiger partial charge in [-0.15, -0.1) is 0 Å². The number of aliphatic carboxylic acids is 1. The Bertz CT molecular complexity index is 391. The monoisotopic (exact) mass is 283 g/mol. The highest BCUT2D eigenvalue weighted by atomic mass is 16.6. The van der Waals surface area contributed by atoms with E-state index < -0.39 is 5.97 Å². The van der Waals surface area contributed by atoms with Gasteiger partial charge in [-0.05, 0) is 32.1 Å². The molecular weight excluding hydrogens is 262 g/mol. The molecule has 1 fully saturated rings. The molecule has 1 N–H and O–H groups in total. The summed E-state index contributed by atoms with van der Waals surface area (Å²) in [7, 11) is 0. The third kappa shape index (κ3) is 5.95. The Labute approximate surface area is 118 Å². The summed E-state index contributed by atoms with van der Waals surface area (Å²) in [5.41, 5.74) is 0. The Hall–Kier alpha value is -1.72. The summed E-state index contributed by atoms with van der Waals surface area (Å²) in [6.45, 7) is -0.122. The number of hydrogen-bond donors (Lipinski definition) is 1. The maximum atomic E-state index is 11.7. The first-order chi connectivity index (χ1) is 9.50. The van der Waals surface area contributed by atoms with Gasteiger partial charge in [-0.3, -0.25) is 19.7 Å². The van der Waals surface area contributed by atoms with E-state index in [1.165, 1.54) is 0 Å². The molecular formula is C14H21NO5. The average Bonchev–Trinajstić information content (AvgIpc) is 2.68. The molecule has 2 atom stereocenters. The minimum Gasteiger partial charge on any atom is -0.481 e. The highest BCUT2D eigenvalue weighted by Gasteiger charge is 2.36. The van der Waals surface area contributed by atoms with E-state index in [0.717, 1.165) is 12.8 Å². The van der Waals surface area contributed by atoms with Crippen molar-refractivity contribution in [3.8, 4) is 0 Å². The van der Waals surface area contributed by atoms with Crippen molar-refractivity contribution in [2.24, 2.45) is 11.8 Å². The third-order valence-corrected chi connectivity index (χ3v) is 3.70. The van der Waals surface area contributed by atoms with Crippen molar-refractivity contribution in [1.29, 1.82) is 0 Å². The van der Waals surface area contributed by atoms with Gasteiger partial charge >= 0.3 is 5.97 Å². The molecule has 1 rings (SSSR count). The Morgan fingerprint density at radius 2 is 2.15 bits per heavy atom. The number of unbranched alkanes of at least 4 members (excludes halogenated alkanes) is 2. The number of allylic oxidation sites excluding steroid dienone is 2. The van der Waals surface area contributed by atoms with Crippen molar-refractivity contribution < 1.29 is 19.6 Å². The second-order valence-corrected chi connectivity index (χ2v) is 5.23. The standard InChI is InChI=1S/C14H21NO5/c16-13-9-8-11(10-15(19)20)12(13)6-4-2-1-3-5-7-14(17)18/h2,4,11-12H,1,3,5-10H2,(H,17,18)/b4-2+. The lowest BCUT2D eigenvalue weighted by Crippen LogP contribution is -2.21. The predicted octanol–water partition coefficient (Wildman–Crippen LogP) is 2.45. The smallest absolute Gasteiger partial charge is 0.303 e. The van der Waals surface area contributed by atoms with Crippen LogP contribution in [0, 0.1) is 22.0 Å². The predicted molar refractivity (Wildman–Crippen MR) is 72.9 cm³/mol. The summed E-state index contributed by atoms with van der Waals surface area (Å²) in [4.78, 5) is 32.2. The van der Waals surface area contributed by atoms with Crippen molar-refractivity contribution in [2.75, 3.05) is 6.54 Å². The van der Waals surface area contributed by atoms with Crippen molar-refractivity contribution in [3.05, 3.63) is 22.3 Å². The van der Waals surface area contributed by atoms with Crippen LogP contribution in [0.15, 0.2) is 12.2 Å². The Morgan fingerprint density at radius 3 is 2.80 bits per heavy atom. The summed E-state index contributed by atoms with van der Waals surface area (Å²) in [5.74, 6) is -0.995. The molecule has 0 aromatic rings. The van der Waals surface area contributed by atoms with Crippen LogP contribution >= 0.6 is 0 Å². The molecule has 112 valence electrons. The Morgan fingerprint density at radius 1 is 1.40 bits per heavy atom. The molecule has 1 aliphatic carbocycles. The van der Waals surface area contributed by atoms with Crippen molar-refractivity contribution in [1.82, 2.24) is 0 Å². The molecule has 6 heteroatoms. The van der Waals surface area contributed by atoms with E-state index in [1.54, 1.807) is 0 Å². The number of nitro groups is 1. The number of hydrogen-bond acceptors (Lipinski definition) is 4. The number of carboxylic acids is 1. The quantitative estimate of drug-likeness (QED) is 0.303. The molecule has 0 aromatic carbocycles. The average molecular weight is 283 g/mol. The summed E-state index contributed by atoms with van der Waals surface area (Å²) in [6, 6.07) is 0. The maximum Gasteiger partial charge on any atom is 0.303 e. The van der Waals surface area contributed by atoms with Gasteiger partial charge in [0.2, 0.25) is 6.54 Å². The fourth-order valence-electron chi connectivity index (χ4n) is 2.61. The summed E-state index contributed by atoms with van der Waals surface area (Å²) in [6.07, 6.45) is 7.90. The lowest BCUT2D eigenvalue weighted by Gasteiger charge is -2.12. The van der Waals surface area contributed by atoms with Gasteiger partial charge in [0, 0.05) is 29.6 Å². The number of rotatable bonds is 9. The molecule has 0 aliphatic heterocycles. The molecule has 20 heavy (non-hydrogen) atoms. The van der Waals surface area contributed by atoms with Gasteiger partial charge in [-0.25, -0.2) is 0 Å². The number of carbonyl (C=O) groups is 2. The summed E-state index contributed by atoms with van der Waals surface area (Å²) in [5, 5.41) is 19.0. The molecule has 0 bridgehead atoms. The van der Waals surface area contributed by atoms with Crippen LogP contribution in [0.3, 0.4) is 0 Å². The van der Waals surface area contributed by atoms with Gasteiger partial charge < -0.3 is 5.11 Å². The van der Waals surface area contributed by atoms with E-state index in [9.17, 15) is 19.7 Å². The van der Waals surface area contributed by atoms with E-state index in [0.29, 0.717) is 25.7 Å². The molecule has 0 saturated heterocycles. The van der Waals surface area contributed by atoms with Gasteiger partial charge in [0.15, 0.2) is 0 Å². The van der Waals surface area contributed by atoms with Crippen LogP contribution in [-0.2, 0) is 9.59 Å². The molecule has 0 aromatic heterocycles. The molecule has 0 heterocycles. The number of nitrogens with zero attached hydrogens (tertiary/aromatic N) is 1. The van der Waals surface area contributed by atoms with Crippen LogP contribution in [0.5, 0.6) is 0 Å². The number of ketones is 1. The molecule has 6 nitrogen and oxygen atoms in total. The van der Waals surface area contributed by atoms with Crippen molar-refractivity contribution >= 4 is 11.8 Å². The van der Waals surface area contributed by atoms with E-state index in [-0.39, 0.29) is 35.5 Å². The third-order valence-electron chi connectivity index (χ3n) is 3.70. The zero-order valence-electron chi connectivity index (χ0n) is 11.5. The van der Waals surface area contributed by atoms with E-state index in [1.807, 2.05) is 12.2 Å². The van der Waals surface area contributed by atoms with Crippen molar-refractivity contribution in [2.45, 2.75) is 44.9 Å². The number of carbonyl (C=O) groups excluding carboxylic acids is 1. The fourth-order valence-corrected chi connectivity index (χ4v) is 2.61. The van der Waals surface area contributed by atoms with Gasteiger partial charge in [-0.2, -0.15) is 0 Å². The zero-order valence-corrected chi connectivity index (χ0v) is 11.5. The number of carboxylic acid groups (broad SMARTS) is 1. The summed E-state index contributed by atoms with van der Waals surface area (Å²) < 4.78 is 0.